The molecule has 6 aromatic rings. The van der Waals surface area contributed by atoms with Crippen molar-refractivity contribution < 1.29 is 0 Å². The number of hydrogen-bond acceptors (Lipinski definition) is 1. The number of benzene rings is 6. The standard InChI is InChI=1S/C40H31N/c1-5-15-35(16-6-1)40(36-17-7-2-8-18-36)23-13-14-32-24-26-33(27-25-32)34-28-30-39(31-29-34)41(37-19-9-3-10-20-37)38-21-11-4-12-22-38/h1-31H/b14-13+. The van der Waals surface area contributed by atoms with Crippen molar-refractivity contribution in [1.29, 1.82) is 0 Å². The molecule has 6 rings (SSSR count). The van der Waals surface area contributed by atoms with Crippen LogP contribution in [0.15, 0.2) is 182 Å². The van der Waals surface area contributed by atoms with E-state index >= 15 is 0 Å². The number of hydrogen-bond donors (Lipinski definition) is 0. The van der Waals surface area contributed by atoms with Crippen LogP contribution in [0.4, 0.5) is 17.1 Å². The van der Waals surface area contributed by atoms with E-state index < -0.39 is 0 Å². The first-order chi connectivity index (χ1) is 20.3. The molecule has 0 amide bonds. The second-order valence-electron chi connectivity index (χ2n) is 9.85. The highest BCUT2D eigenvalue weighted by Crippen LogP contribution is 2.35. The monoisotopic (exact) mass is 525 g/mol. The lowest BCUT2D eigenvalue weighted by Crippen LogP contribution is -2.09. The molecule has 0 saturated carbocycles. The summed E-state index contributed by atoms with van der Waals surface area (Å²) in [6.07, 6.45) is 6.50. The molecular formula is C40H31N. The van der Waals surface area contributed by atoms with Crippen LogP contribution >= 0.6 is 0 Å². The van der Waals surface area contributed by atoms with E-state index in [0.717, 1.165) is 17.1 Å². The lowest BCUT2D eigenvalue weighted by molar-refractivity contribution is 1.28. The predicted octanol–water partition coefficient (Wildman–Crippen LogP) is 11.0. The van der Waals surface area contributed by atoms with Gasteiger partial charge in [-0.3, -0.25) is 0 Å². The van der Waals surface area contributed by atoms with E-state index in [1.165, 1.54) is 33.4 Å². The summed E-state index contributed by atoms with van der Waals surface area (Å²) in [6.45, 7) is 0. The van der Waals surface area contributed by atoms with Crippen LogP contribution in [-0.4, -0.2) is 0 Å². The summed E-state index contributed by atoms with van der Waals surface area (Å²) in [7, 11) is 0. The highest BCUT2D eigenvalue weighted by Gasteiger charge is 2.12. The Bertz CT molecular complexity index is 1640. The first-order valence-corrected chi connectivity index (χ1v) is 14.0. The molecule has 6 aromatic carbocycles. The van der Waals surface area contributed by atoms with Gasteiger partial charge in [0.15, 0.2) is 0 Å². The molecule has 0 saturated heterocycles. The molecule has 0 aliphatic carbocycles. The largest absolute Gasteiger partial charge is 0.311 e. The van der Waals surface area contributed by atoms with E-state index in [1.54, 1.807) is 0 Å². The van der Waals surface area contributed by atoms with Gasteiger partial charge < -0.3 is 4.90 Å². The first-order valence-electron chi connectivity index (χ1n) is 14.0. The van der Waals surface area contributed by atoms with E-state index in [2.05, 4.69) is 193 Å². The highest BCUT2D eigenvalue weighted by molar-refractivity contribution is 5.82. The summed E-state index contributed by atoms with van der Waals surface area (Å²) in [5, 5.41) is 0. The Balaban J connectivity index is 1.22. The summed E-state index contributed by atoms with van der Waals surface area (Å²) < 4.78 is 0. The molecule has 41 heavy (non-hydrogen) atoms. The van der Waals surface area contributed by atoms with Gasteiger partial charge in [0.2, 0.25) is 0 Å². The van der Waals surface area contributed by atoms with Crippen molar-refractivity contribution in [3.8, 4) is 11.1 Å². The van der Waals surface area contributed by atoms with E-state index in [4.69, 9.17) is 0 Å². The number of allylic oxidation sites excluding steroid dienone is 2. The summed E-state index contributed by atoms with van der Waals surface area (Å²) in [4.78, 5) is 2.28. The van der Waals surface area contributed by atoms with E-state index in [0.29, 0.717) is 0 Å². The fourth-order valence-corrected chi connectivity index (χ4v) is 5.04. The van der Waals surface area contributed by atoms with Gasteiger partial charge in [-0.05, 0) is 69.8 Å². The highest BCUT2D eigenvalue weighted by atomic mass is 15.1. The number of anilines is 3. The Labute approximate surface area is 243 Å². The Morgan fingerprint density at radius 3 is 1.24 bits per heavy atom. The van der Waals surface area contributed by atoms with Gasteiger partial charge in [0.25, 0.3) is 0 Å². The fourth-order valence-electron chi connectivity index (χ4n) is 5.04. The molecular weight excluding hydrogens is 494 g/mol. The minimum atomic E-state index is 1.13. The minimum absolute atomic E-state index is 1.13. The van der Waals surface area contributed by atoms with Crippen molar-refractivity contribution in [2.24, 2.45) is 0 Å². The zero-order valence-corrected chi connectivity index (χ0v) is 22.8. The van der Waals surface area contributed by atoms with Crippen molar-refractivity contribution in [1.82, 2.24) is 0 Å². The van der Waals surface area contributed by atoms with Crippen molar-refractivity contribution >= 4 is 28.7 Å². The third kappa shape index (κ3) is 6.27. The molecule has 0 unspecified atom stereocenters. The van der Waals surface area contributed by atoms with Crippen molar-refractivity contribution in [3.05, 3.63) is 199 Å². The fraction of sp³-hybridized carbons (Fsp3) is 0. The summed E-state index contributed by atoms with van der Waals surface area (Å²) in [6, 6.07) is 59.6. The third-order valence-electron chi connectivity index (χ3n) is 7.12. The summed E-state index contributed by atoms with van der Waals surface area (Å²) in [5.74, 6) is 0. The van der Waals surface area contributed by atoms with Gasteiger partial charge in [-0.1, -0.05) is 152 Å². The Morgan fingerprint density at radius 2 is 0.780 bits per heavy atom. The van der Waals surface area contributed by atoms with Gasteiger partial charge >= 0.3 is 0 Å². The topological polar surface area (TPSA) is 3.24 Å². The molecule has 0 heterocycles. The number of para-hydroxylation sites is 2. The second kappa shape index (κ2) is 12.6. The Hall–Kier alpha value is -5.40. The Kier molecular flexibility index (Phi) is 7.97. The molecule has 0 radical (unpaired) electrons. The maximum absolute atomic E-state index is 2.28. The molecule has 1 nitrogen and oxygen atoms in total. The second-order valence-corrected chi connectivity index (χ2v) is 9.85. The van der Waals surface area contributed by atoms with E-state index in [1.807, 2.05) is 0 Å². The molecule has 0 fully saturated rings. The summed E-state index contributed by atoms with van der Waals surface area (Å²) in [5.41, 5.74) is 10.6. The molecule has 0 bridgehead atoms. The molecule has 1 heteroatoms. The van der Waals surface area contributed by atoms with Crippen LogP contribution in [0.25, 0.3) is 22.8 Å². The first kappa shape index (κ1) is 25.9. The molecule has 0 atom stereocenters. The van der Waals surface area contributed by atoms with Crippen LogP contribution in [0.5, 0.6) is 0 Å². The van der Waals surface area contributed by atoms with E-state index in [-0.39, 0.29) is 0 Å². The average Bonchev–Trinajstić information content (AvgIpc) is 3.06. The van der Waals surface area contributed by atoms with E-state index in [9.17, 15) is 0 Å². The quantitative estimate of drug-likeness (QED) is 0.179. The summed E-state index contributed by atoms with van der Waals surface area (Å²) >= 11 is 0. The number of nitrogens with zero attached hydrogens (tertiary/aromatic N) is 1. The molecule has 0 spiro atoms. The lowest BCUT2D eigenvalue weighted by Gasteiger charge is -2.25. The predicted molar refractivity (Wildman–Crippen MR) is 176 cm³/mol. The van der Waals surface area contributed by atoms with Crippen molar-refractivity contribution in [2.75, 3.05) is 4.90 Å². The molecule has 0 aliphatic heterocycles. The van der Waals surface area contributed by atoms with Crippen LogP contribution in [0.1, 0.15) is 16.7 Å². The van der Waals surface area contributed by atoms with Crippen molar-refractivity contribution in [2.45, 2.75) is 0 Å². The Morgan fingerprint density at radius 1 is 0.390 bits per heavy atom. The normalized spacial score (nSPS) is 10.8. The smallest absolute Gasteiger partial charge is 0.0462 e. The molecule has 0 aliphatic rings. The van der Waals surface area contributed by atoms with Crippen LogP contribution in [-0.2, 0) is 0 Å². The van der Waals surface area contributed by atoms with Crippen molar-refractivity contribution in [3.63, 3.8) is 0 Å². The zero-order valence-electron chi connectivity index (χ0n) is 22.8. The van der Waals surface area contributed by atoms with Gasteiger partial charge in [-0.25, -0.2) is 0 Å². The van der Waals surface area contributed by atoms with Crippen LogP contribution in [0.2, 0.25) is 0 Å². The van der Waals surface area contributed by atoms with Crippen LogP contribution in [0.3, 0.4) is 0 Å². The SMILES string of the molecule is C(/C=C/c1ccc(-c2ccc(N(c3ccccc3)c3ccccc3)cc2)cc1)=C(c1ccccc1)c1ccccc1. The van der Waals surface area contributed by atoms with Crippen LogP contribution in [0, 0.1) is 0 Å². The third-order valence-corrected chi connectivity index (χ3v) is 7.12. The molecule has 196 valence electrons. The molecule has 0 N–H and O–H groups in total. The molecule has 0 aromatic heterocycles. The van der Waals surface area contributed by atoms with Gasteiger partial charge in [-0.15, -0.1) is 0 Å². The maximum atomic E-state index is 2.28. The van der Waals surface area contributed by atoms with Gasteiger partial charge in [0.05, 0.1) is 0 Å². The lowest BCUT2D eigenvalue weighted by atomic mass is 9.97. The van der Waals surface area contributed by atoms with Gasteiger partial charge in [-0.2, -0.15) is 0 Å². The van der Waals surface area contributed by atoms with Gasteiger partial charge in [0.1, 0.15) is 0 Å². The minimum Gasteiger partial charge on any atom is -0.311 e. The average molecular weight is 526 g/mol. The number of rotatable bonds is 8. The van der Waals surface area contributed by atoms with Crippen LogP contribution < -0.4 is 4.90 Å². The zero-order chi connectivity index (χ0) is 27.7. The van der Waals surface area contributed by atoms with Gasteiger partial charge in [0, 0.05) is 17.1 Å². The maximum Gasteiger partial charge on any atom is 0.0462 e.